The van der Waals surface area contributed by atoms with Crippen LogP contribution >= 0.6 is 12.6 Å². The van der Waals surface area contributed by atoms with Crippen molar-refractivity contribution in [3.05, 3.63) is 0 Å². The minimum atomic E-state index is 0.245. The van der Waals surface area contributed by atoms with Gasteiger partial charge in [0.1, 0.15) is 0 Å². The largest absolute Gasteiger partial charge is 0.349 e. The molecule has 0 atom stereocenters. The molecule has 0 rings (SSSR count). The third kappa shape index (κ3) is 8.16. The Morgan fingerprint density at radius 2 is 1.62 bits per heavy atom. The van der Waals surface area contributed by atoms with E-state index in [-0.39, 0.29) is 5.91 Å². The van der Waals surface area contributed by atoms with Crippen molar-refractivity contribution in [2.75, 3.05) is 19.8 Å². The number of thiol groups is 1. The fraction of sp³-hybridized carbons (Fsp3) is 0.900. The number of amides is 1. The van der Waals surface area contributed by atoms with Crippen molar-refractivity contribution >= 4 is 18.5 Å². The van der Waals surface area contributed by atoms with Crippen LogP contribution in [0.25, 0.3) is 0 Å². The number of carbonyl (C=O) groups is 1. The van der Waals surface area contributed by atoms with Crippen LogP contribution < -0.4 is 0 Å². The first-order valence-corrected chi connectivity index (χ1v) is 5.62. The van der Waals surface area contributed by atoms with Crippen LogP contribution in [0.15, 0.2) is 0 Å². The molecule has 0 heterocycles. The van der Waals surface area contributed by atoms with E-state index in [4.69, 9.17) is 0 Å². The van der Waals surface area contributed by atoms with Gasteiger partial charge in [-0.1, -0.05) is 19.3 Å². The molecule has 0 fully saturated rings. The van der Waals surface area contributed by atoms with Crippen LogP contribution in [0.1, 0.15) is 38.5 Å². The molecule has 2 nitrogen and oxygen atoms in total. The van der Waals surface area contributed by atoms with Crippen LogP contribution in [0, 0.1) is 0 Å². The Morgan fingerprint density at radius 1 is 1.08 bits per heavy atom. The minimum Gasteiger partial charge on any atom is -0.349 e. The van der Waals surface area contributed by atoms with Gasteiger partial charge >= 0.3 is 0 Å². The van der Waals surface area contributed by atoms with Crippen LogP contribution in [-0.2, 0) is 4.79 Å². The van der Waals surface area contributed by atoms with E-state index < -0.39 is 0 Å². The van der Waals surface area contributed by atoms with E-state index in [1.807, 2.05) is 14.1 Å². The molecule has 0 aliphatic carbocycles. The lowest BCUT2D eigenvalue weighted by Crippen LogP contribution is -2.20. The first kappa shape index (κ1) is 12.8. The van der Waals surface area contributed by atoms with Gasteiger partial charge in [-0.25, -0.2) is 0 Å². The molecule has 13 heavy (non-hydrogen) atoms. The number of rotatable bonds is 7. The molecule has 0 N–H and O–H groups in total. The Labute approximate surface area is 87.1 Å². The van der Waals surface area contributed by atoms with Gasteiger partial charge in [-0.3, -0.25) is 4.79 Å². The summed E-state index contributed by atoms with van der Waals surface area (Å²) >= 11 is 4.14. The second-order valence-electron chi connectivity index (χ2n) is 3.53. The van der Waals surface area contributed by atoms with Crippen molar-refractivity contribution in [2.24, 2.45) is 0 Å². The molecular formula is C10H21NOS. The van der Waals surface area contributed by atoms with Crippen LogP contribution in [0.3, 0.4) is 0 Å². The quantitative estimate of drug-likeness (QED) is 0.497. The molecule has 1 amide bonds. The summed E-state index contributed by atoms with van der Waals surface area (Å²) in [6.45, 7) is 0. The van der Waals surface area contributed by atoms with Gasteiger partial charge in [-0.15, -0.1) is 0 Å². The van der Waals surface area contributed by atoms with Gasteiger partial charge in [0.25, 0.3) is 0 Å². The zero-order chi connectivity index (χ0) is 10.1. The van der Waals surface area contributed by atoms with Gasteiger partial charge in [0.05, 0.1) is 0 Å². The van der Waals surface area contributed by atoms with Gasteiger partial charge in [0, 0.05) is 20.5 Å². The fourth-order valence-electron chi connectivity index (χ4n) is 1.14. The Hall–Kier alpha value is -0.180. The Balaban J connectivity index is 3.12. The molecule has 0 bridgehead atoms. The molecule has 0 aromatic carbocycles. The maximum Gasteiger partial charge on any atom is 0.222 e. The second-order valence-corrected chi connectivity index (χ2v) is 3.98. The lowest BCUT2D eigenvalue weighted by atomic mass is 10.1. The van der Waals surface area contributed by atoms with E-state index in [2.05, 4.69) is 12.6 Å². The Bertz CT molecular complexity index is 137. The lowest BCUT2D eigenvalue weighted by Gasteiger charge is -2.09. The summed E-state index contributed by atoms with van der Waals surface area (Å²) < 4.78 is 0. The molecule has 3 heteroatoms. The third-order valence-electron chi connectivity index (χ3n) is 2.05. The molecule has 0 aromatic rings. The van der Waals surface area contributed by atoms with E-state index in [0.29, 0.717) is 6.42 Å². The molecule has 0 saturated carbocycles. The van der Waals surface area contributed by atoms with Gasteiger partial charge in [-0.2, -0.15) is 12.6 Å². The van der Waals surface area contributed by atoms with Crippen molar-refractivity contribution in [3.63, 3.8) is 0 Å². The molecule has 0 spiro atoms. The summed E-state index contributed by atoms with van der Waals surface area (Å²) in [6, 6.07) is 0. The number of carbonyl (C=O) groups excluding carboxylic acids is 1. The SMILES string of the molecule is CN(C)C(=O)CCCCCCCS. The van der Waals surface area contributed by atoms with Crippen LogP contribution in [-0.4, -0.2) is 30.7 Å². The van der Waals surface area contributed by atoms with Crippen LogP contribution in [0.4, 0.5) is 0 Å². The zero-order valence-electron chi connectivity index (χ0n) is 8.75. The summed E-state index contributed by atoms with van der Waals surface area (Å²) in [5, 5.41) is 0. The standard InChI is InChI=1S/C10H21NOS/c1-11(2)10(12)8-6-4-3-5-7-9-13/h13H,3-9H2,1-2H3. The highest BCUT2D eigenvalue weighted by Crippen LogP contribution is 2.06. The molecule has 0 aromatic heterocycles. The maximum atomic E-state index is 11.1. The summed E-state index contributed by atoms with van der Waals surface area (Å²) in [5.74, 6) is 1.23. The zero-order valence-corrected chi connectivity index (χ0v) is 9.65. The smallest absolute Gasteiger partial charge is 0.222 e. The Morgan fingerprint density at radius 3 is 2.15 bits per heavy atom. The highest BCUT2D eigenvalue weighted by molar-refractivity contribution is 7.80. The molecule has 0 aliphatic rings. The van der Waals surface area contributed by atoms with Crippen LogP contribution in [0.5, 0.6) is 0 Å². The predicted octanol–water partition coefficient (Wildman–Crippen LogP) is 2.35. The molecule has 0 aliphatic heterocycles. The van der Waals surface area contributed by atoms with E-state index in [1.165, 1.54) is 25.7 Å². The van der Waals surface area contributed by atoms with Gasteiger partial charge in [0.2, 0.25) is 5.91 Å². The van der Waals surface area contributed by atoms with Gasteiger partial charge < -0.3 is 4.90 Å². The minimum absolute atomic E-state index is 0.245. The van der Waals surface area contributed by atoms with E-state index in [0.717, 1.165) is 12.2 Å². The third-order valence-corrected chi connectivity index (χ3v) is 2.36. The highest BCUT2D eigenvalue weighted by Gasteiger charge is 2.01. The molecule has 0 unspecified atom stereocenters. The van der Waals surface area contributed by atoms with E-state index in [1.54, 1.807) is 4.90 Å². The van der Waals surface area contributed by atoms with E-state index in [9.17, 15) is 4.79 Å². The van der Waals surface area contributed by atoms with Crippen molar-refractivity contribution in [2.45, 2.75) is 38.5 Å². The summed E-state index contributed by atoms with van der Waals surface area (Å²) in [7, 11) is 3.62. The topological polar surface area (TPSA) is 20.3 Å². The highest BCUT2D eigenvalue weighted by atomic mass is 32.1. The normalized spacial score (nSPS) is 10.1. The number of hydrogen-bond donors (Lipinski definition) is 1. The average molecular weight is 203 g/mol. The van der Waals surface area contributed by atoms with Crippen molar-refractivity contribution in [1.82, 2.24) is 4.90 Å². The molecule has 0 saturated heterocycles. The van der Waals surface area contributed by atoms with Crippen molar-refractivity contribution in [3.8, 4) is 0 Å². The average Bonchev–Trinajstić information content (AvgIpc) is 2.10. The molecular weight excluding hydrogens is 182 g/mol. The lowest BCUT2D eigenvalue weighted by molar-refractivity contribution is -0.128. The van der Waals surface area contributed by atoms with Gasteiger partial charge in [0.15, 0.2) is 0 Å². The fourth-order valence-corrected chi connectivity index (χ4v) is 1.37. The number of unbranched alkanes of at least 4 members (excludes halogenated alkanes) is 4. The summed E-state index contributed by atoms with van der Waals surface area (Å²) in [4.78, 5) is 12.8. The maximum absolute atomic E-state index is 11.1. The first-order chi connectivity index (χ1) is 6.18. The molecule has 78 valence electrons. The monoisotopic (exact) mass is 203 g/mol. The summed E-state index contributed by atoms with van der Waals surface area (Å²) in [5.41, 5.74) is 0. The first-order valence-electron chi connectivity index (χ1n) is 4.99. The second kappa shape index (κ2) is 8.42. The van der Waals surface area contributed by atoms with Crippen molar-refractivity contribution in [1.29, 1.82) is 0 Å². The van der Waals surface area contributed by atoms with Gasteiger partial charge in [-0.05, 0) is 18.6 Å². The van der Waals surface area contributed by atoms with E-state index >= 15 is 0 Å². The Kier molecular flexibility index (Phi) is 8.30. The number of hydrogen-bond acceptors (Lipinski definition) is 2. The number of nitrogens with zero attached hydrogens (tertiary/aromatic N) is 1. The summed E-state index contributed by atoms with van der Waals surface area (Å²) in [6.07, 6.45) is 6.59. The van der Waals surface area contributed by atoms with Crippen molar-refractivity contribution < 1.29 is 4.79 Å². The van der Waals surface area contributed by atoms with Crippen LogP contribution in [0.2, 0.25) is 0 Å². The predicted molar refractivity (Wildman–Crippen MR) is 60.2 cm³/mol. The molecule has 0 radical (unpaired) electrons.